The van der Waals surface area contributed by atoms with Crippen molar-refractivity contribution in [2.75, 3.05) is 6.61 Å². The third-order valence-electron chi connectivity index (χ3n) is 6.05. The number of oxazole rings is 1. The summed E-state index contributed by atoms with van der Waals surface area (Å²) in [6.07, 6.45) is 5.05. The van der Waals surface area contributed by atoms with Gasteiger partial charge in [0.15, 0.2) is 12.2 Å². The molecule has 7 nitrogen and oxygen atoms in total. The fourth-order valence-corrected chi connectivity index (χ4v) is 4.79. The molecule has 4 rings (SSSR count). The zero-order chi connectivity index (χ0) is 19.0. The number of fused-ring (bicyclic) bond motifs is 3. The van der Waals surface area contributed by atoms with Crippen molar-refractivity contribution in [3.63, 3.8) is 0 Å². The summed E-state index contributed by atoms with van der Waals surface area (Å²) in [5.74, 6) is 0.491. The van der Waals surface area contributed by atoms with Crippen LogP contribution in [-0.4, -0.2) is 29.1 Å². The highest BCUT2D eigenvalue weighted by atomic mass is 16.5. The molecule has 2 bridgehead atoms. The molecule has 1 N–H and O–H groups in total. The number of para-hydroxylation sites is 2. The van der Waals surface area contributed by atoms with Crippen LogP contribution in [0.4, 0.5) is 0 Å². The molecule has 2 aromatic rings. The van der Waals surface area contributed by atoms with Crippen molar-refractivity contribution in [1.82, 2.24) is 9.88 Å². The molecule has 2 aliphatic rings. The lowest BCUT2D eigenvalue weighted by Gasteiger charge is -2.28. The number of ether oxygens (including phenoxy) is 1. The maximum absolute atomic E-state index is 12.1. The zero-order valence-corrected chi connectivity index (χ0v) is 15.3. The normalized spacial score (nSPS) is 24.9. The van der Waals surface area contributed by atoms with Gasteiger partial charge in [-0.3, -0.25) is 14.2 Å². The van der Waals surface area contributed by atoms with E-state index in [9.17, 15) is 14.4 Å². The van der Waals surface area contributed by atoms with Crippen molar-refractivity contribution in [1.29, 1.82) is 0 Å². The van der Waals surface area contributed by atoms with Crippen molar-refractivity contribution in [3.8, 4) is 0 Å². The minimum Gasteiger partial charge on any atom is -0.454 e. The molecule has 1 aromatic heterocycles. The van der Waals surface area contributed by atoms with Gasteiger partial charge in [-0.2, -0.15) is 0 Å². The van der Waals surface area contributed by atoms with E-state index >= 15 is 0 Å². The van der Waals surface area contributed by atoms with E-state index < -0.39 is 11.7 Å². The molecule has 0 radical (unpaired) electrons. The molecular formula is C20H24N2O5. The van der Waals surface area contributed by atoms with Crippen LogP contribution in [0.25, 0.3) is 11.1 Å². The van der Waals surface area contributed by atoms with Crippen molar-refractivity contribution in [2.24, 2.45) is 17.8 Å². The highest BCUT2D eigenvalue weighted by Crippen LogP contribution is 2.49. The Morgan fingerprint density at radius 3 is 2.85 bits per heavy atom. The number of nitrogens with zero attached hydrogens (tertiary/aromatic N) is 1. The van der Waals surface area contributed by atoms with Gasteiger partial charge in [-0.25, -0.2) is 4.79 Å². The van der Waals surface area contributed by atoms with Gasteiger partial charge >= 0.3 is 11.7 Å². The molecule has 0 spiro atoms. The summed E-state index contributed by atoms with van der Waals surface area (Å²) in [5, 5.41) is 2.96. The van der Waals surface area contributed by atoms with Crippen LogP contribution in [0.2, 0.25) is 0 Å². The van der Waals surface area contributed by atoms with Gasteiger partial charge in [0.2, 0.25) is 0 Å². The van der Waals surface area contributed by atoms with Crippen molar-refractivity contribution in [2.45, 2.75) is 45.2 Å². The van der Waals surface area contributed by atoms with Crippen LogP contribution in [0, 0.1) is 17.8 Å². The number of rotatable bonds is 6. The molecule has 0 aliphatic heterocycles. The molecule has 1 heterocycles. The lowest BCUT2D eigenvalue weighted by molar-refractivity contribution is -0.149. The second-order valence-corrected chi connectivity index (χ2v) is 7.78. The standard InChI is InChI=1S/C20H24N2O5/c1-12(15-9-13-6-7-14(15)8-13)21-18(23)11-26-19(24)10-22-16-4-2-3-5-17(16)27-20(22)25/h2-5,12-15H,6-11H2,1H3,(H,21,23)/t12-,13+,14+,15+/m0/s1. The molecule has 1 amide bonds. The first-order chi connectivity index (χ1) is 13.0. The van der Waals surface area contributed by atoms with Gasteiger partial charge in [-0.1, -0.05) is 18.6 Å². The number of benzene rings is 1. The minimum atomic E-state index is -0.647. The van der Waals surface area contributed by atoms with E-state index in [0.717, 1.165) is 5.92 Å². The first-order valence-electron chi connectivity index (χ1n) is 9.54. The fraction of sp³-hybridized carbons (Fsp3) is 0.550. The van der Waals surface area contributed by atoms with E-state index in [2.05, 4.69) is 5.32 Å². The molecule has 0 saturated heterocycles. The predicted molar refractivity (Wildman–Crippen MR) is 98.0 cm³/mol. The fourth-order valence-electron chi connectivity index (χ4n) is 4.79. The average Bonchev–Trinajstić information content (AvgIpc) is 3.35. The van der Waals surface area contributed by atoms with Crippen molar-refractivity contribution in [3.05, 3.63) is 34.8 Å². The quantitative estimate of drug-likeness (QED) is 0.784. The molecule has 2 aliphatic carbocycles. The lowest BCUT2D eigenvalue weighted by Crippen LogP contribution is -2.42. The summed E-state index contributed by atoms with van der Waals surface area (Å²) < 4.78 is 11.3. The molecule has 27 heavy (non-hydrogen) atoms. The van der Waals surface area contributed by atoms with Gasteiger partial charge in [0.1, 0.15) is 6.54 Å². The molecule has 7 heteroatoms. The Hall–Kier alpha value is -2.57. The first-order valence-corrected chi connectivity index (χ1v) is 9.54. The highest BCUT2D eigenvalue weighted by molar-refractivity contribution is 5.81. The minimum absolute atomic E-state index is 0.0898. The smallest absolute Gasteiger partial charge is 0.420 e. The van der Waals surface area contributed by atoms with E-state index in [1.165, 1.54) is 30.3 Å². The van der Waals surface area contributed by atoms with E-state index in [1.807, 2.05) is 6.92 Å². The van der Waals surface area contributed by atoms with Crippen LogP contribution < -0.4 is 11.1 Å². The maximum atomic E-state index is 12.1. The van der Waals surface area contributed by atoms with E-state index in [1.54, 1.807) is 24.3 Å². The van der Waals surface area contributed by atoms with Gasteiger partial charge in [-0.05, 0) is 56.1 Å². The van der Waals surface area contributed by atoms with Crippen LogP contribution in [0.3, 0.4) is 0 Å². The summed E-state index contributed by atoms with van der Waals surface area (Å²) in [6.45, 7) is 1.40. The lowest BCUT2D eigenvalue weighted by atomic mass is 9.84. The van der Waals surface area contributed by atoms with Gasteiger partial charge in [-0.15, -0.1) is 0 Å². The van der Waals surface area contributed by atoms with Gasteiger partial charge in [0.25, 0.3) is 5.91 Å². The Kier molecular flexibility index (Phi) is 4.76. The SMILES string of the molecule is C[C@H](NC(=O)COC(=O)Cn1c(=O)oc2ccccc21)[C@H]1C[C@@H]2CC[C@@H]1C2. The second kappa shape index (κ2) is 7.21. The Bertz CT molecular complexity index is 914. The van der Waals surface area contributed by atoms with Crippen LogP contribution in [-0.2, 0) is 20.9 Å². The van der Waals surface area contributed by atoms with Gasteiger partial charge < -0.3 is 14.5 Å². The Balaban J connectivity index is 1.28. The van der Waals surface area contributed by atoms with Crippen molar-refractivity contribution < 1.29 is 18.7 Å². The number of hydrogen-bond acceptors (Lipinski definition) is 5. The van der Waals surface area contributed by atoms with Crippen LogP contribution >= 0.6 is 0 Å². The Morgan fingerprint density at radius 2 is 2.11 bits per heavy atom. The van der Waals surface area contributed by atoms with Gasteiger partial charge in [0, 0.05) is 6.04 Å². The summed E-state index contributed by atoms with van der Waals surface area (Å²) in [6, 6.07) is 6.94. The van der Waals surface area contributed by atoms with Crippen LogP contribution in [0.1, 0.15) is 32.6 Å². The summed E-state index contributed by atoms with van der Waals surface area (Å²) in [7, 11) is 0. The molecule has 1 aromatic carbocycles. The molecule has 0 unspecified atom stereocenters. The number of hydrogen-bond donors (Lipinski definition) is 1. The van der Waals surface area contributed by atoms with E-state index in [4.69, 9.17) is 9.15 Å². The third kappa shape index (κ3) is 3.63. The number of nitrogens with one attached hydrogen (secondary N) is 1. The van der Waals surface area contributed by atoms with Crippen LogP contribution in [0.5, 0.6) is 0 Å². The topological polar surface area (TPSA) is 90.5 Å². The van der Waals surface area contributed by atoms with Gasteiger partial charge in [0.05, 0.1) is 5.52 Å². The Morgan fingerprint density at radius 1 is 1.30 bits per heavy atom. The van der Waals surface area contributed by atoms with E-state index in [-0.39, 0.29) is 25.1 Å². The van der Waals surface area contributed by atoms with E-state index in [0.29, 0.717) is 22.9 Å². The molecule has 144 valence electrons. The molecule has 2 saturated carbocycles. The van der Waals surface area contributed by atoms with Crippen molar-refractivity contribution >= 4 is 23.0 Å². The average molecular weight is 372 g/mol. The first kappa shape index (κ1) is 17.8. The summed E-state index contributed by atoms with van der Waals surface area (Å²) in [5.41, 5.74) is 0.932. The summed E-state index contributed by atoms with van der Waals surface area (Å²) in [4.78, 5) is 36.1. The number of carbonyl (C=O) groups excluding carboxylic acids is 2. The predicted octanol–water partition coefficient (Wildman–Crippen LogP) is 2.08. The number of aromatic nitrogens is 1. The highest BCUT2D eigenvalue weighted by Gasteiger charge is 2.42. The molecule has 4 atom stereocenters. The van der Waals surface area contributed by atoms with Crippen LogP contribution in [0.15, 0.2) is 33.5 Å². The number of amides is 1. The molecular weight excluding hydrogens is 348 g/mol. The Labute approximate surface area is 156 Å². The summed E-state index contributed by atoms with van der Waals surface area (Å²) >= 11 is 0. The maximum Gasteiger partial charge on any atom is 0.420 e. The number of carbonyl (C=O) groups is 2. The second-order valence-electron chi connectivity index (χ2n) is 7.78. The molecule has 2 fully saturated rings. The number of esters is 1. The zero-order valence-electron chi connectivity index (χ0n) is 15.3. The largest absolute Gasteiger partial charge is 0.454 e. The monoisotopic (exact) mass is 372 g/mol. The third-order valence-corrected chi connectivity index (χ3v) is 6.05.